The Hall–Kier alpha value is -2.58. The first-order chi connectivity index (χ1) is 12.1. The summed E-state index contributed by atoms with van der Waals surface area (Å²) in [6.45, 7) is 0.998. The molecule has 27 heavy (non-hydrogen) atoms. The van der Waals surface area contributed by atoms with Crippen molar-refractivity contribution in [2.75, 3.05) is 13.1 Å². The minimum absolute atomic E-state index is 0. The summed E-state index contributed by atoms with van der Waals surface area (Å²) in [4.78, 5) is 31.1. The van der Waals surface area contributed by atoms with Gasteiger partial charge >= 0.3 is 0 Å². The van der Waals surface area contributed by atoms with E-state index in [4.69, 9.17) is 0 Å². The summed E-state index contributed by atoms with van der Waals surface area (Å²) in [5.74, 6) is -0.670. The standard InChI is InChI=1S/C17H20N4O4.2ClH/c22-14-6-12(8-18-10-14)16(24)20-4-2-1-3-5-21-17(25)13-7-15(23)11-19-9-13;;/h6-11,22-23H,1-5H2,(H,20,24)(H,21,25);2*1H. The second-order valence-corrected chi connectivity index (χ2v) is 5.44. The van der Waals surface area contributed by atoms with Gasteiger partial charge in [-0.25, -0.2) is 0 Å². The number of aromatic hydroxyl groups is 2. The molecule has 4 N–H and O–H groups in total. The average molecular weight is 417 g/mol. The molecule has 0 fully saturated rings. The number of aromatic nitrogens is 2. The molecule has 0 bridgehead atoms. The second-order valence-electron chi connectivity index (χ2n) is 5.44. The summed E-state index contributed by atoms with van der Waals surface area (Å²) in [5.41, 5.74) is 0.624. The third-order valence-electron chi connectivity index (χ3n) is 3.40. The summed E-state index contributed by atoms with van der Waals surface area (Å²) in [7, 11) is 0. The molecule has 2 heterocycles. The van der Waals surface area contributed by atoms with Crippen molar-refractivity contribution in [1.82, 2.24) is 20.6 Å². The summed E-state index contributed by atoms with van der Waals surface area (Å²) in [6, 6.07) is 2.71. The van der Waals surface area contributed by atoms with Crippen molar-refractivity contribution in [2.24, 2.45) is 0 Å². The molecule has 2 amide bonds. The topological polar surface area (TPSA) is 124 Å². The number of rotatable bonds is 8. The molecule has 10 heteroatoms. The fourth-order valence-corrected chi connectivity index (χ4v) is 2.14. The molecule has 0 atom stereocenters. The van der Waals surface area contributed by atoms with Crippen molar-refractivity contribution in [3.63, 3.8) is 0 Å². The van der Waals surface area contributed by atoms with Gasteiger partial charge in [0.15, 0.2) is 0 Å². The first-order valence-electron chi connectivity index (χ1n) is 7.90. The maximum Gasteiger partial charge on any atom is 0.252 e. The number of halogens is 2. The molecule has 0 radical (unpaired) electrons. The van der Waals surface area contributed by atoms with Crippen LogP contribution in [-0.4, -0.2) is 45.1 Å². The number of hydrogen-bond acceptors (Lipinski definition) is 6. The van der Waals surface area contributed by atoms with E-state index in [1.54, 1.807) is 0 Å². The van der Waals surface area contributed by atoms with Gasteiger partial charge in [-0.15, -0.1) is 24.8 Å². The molecule has 0 saturated carbocycles. The molecule has 2 rings (SSSR count). The zero-order chi connectivity index (χ0) is 18.1. The van der Waals surface area contributed by atoms with Crippen LogP contribution in [0, 0.1) is 0 Å². The van der Waals surface area contributed by atoms with Gasteiger partial charge in [0, 0.05) is 25.5 Å². The normalized spacial score (nSPS) is 9.48. The number of carbonyl (C=O) groups excluding carboxylic acids is 2. The van der Waals surface area contributed by atoms with Crippen LogP contribution in [0.4, 0.5) is 0 Å². The lowest BCUT2D eigenvalue weighted by atomic mass is 10.2. The first-order valence-corrected chi connectivity index (χ1v) is 7.90. The van der Waals surface area contributed by atoms with E-state index < -0.39 is 0 Å². The minimum Gasteiger partial charge on any atom is -0.506 e. The van der Waals surface area contributed by atoms with Crippen molar-refractivity contribution < 1.29 is 19.8 Å². The lowest BCUT2D eigenvalue weighted by Crippen LogP contribution is -2.26. The highest BCUT2D eigenvalue weighted by Crippen LogP contribution is 2.09. The van der Waals surface area contributed by atoms with Gasteiger partial charge in [-0.3, -0.25) is 19.6 Å². The molecular weight excluding hydrogens is 395 g/mol. The van der Waals surface area contributed by atoms with Crippen LogP contribution in [0.5, 0.6) is 11.5 Å². The quantitative estimate of drug-likeness (QED) is 0.488. The molecule has 0 aromatic carbocycles. The Kier molecular flexibility index (Phi) is 11.5. The Labute approximate surface area is 169 Å². The Morgan fingerprint density at radius 2 is 1.15 bits per heavy atom. The van der Waals surface area contributed by atoms with E-state index in [-0.39, 0.29) is 48.1 Å². The van der Waals surface area contributed by atoms with Crippen molar-refractivity contribution in [3.05, 3.63) is 48.0 Å². The van der Waals surface area contributed by atoms with Crippen molar-refractivity contribution in [1.29, 1.82) is 0 Å². The Balaban J connectivity index is 0.00000338. The molecule has 2 aromatic rings. The number of nitrogens with zero attached hydrogens (tertiary/aromatic N) is 2. The number of pyridine rings is 2. The van der Waals surface area contributed by atoms with Crippen LogP contribution in [0.3, 0.4) is 0 Å². The monoisotopic (exact) mass is 416 g/mol. The van der Waals surface area contributed by atoms with Crippen LogP contribution in [0.2, 0.25) is 0 Å². The van der Waals surface area contributed by atoms with Gasteiger partial charge in [-0.2, -0.15) is 0 Å². The predicted octanol–water partition coefficient (Wildman–Crippen LogP) is 2.06. The van der Waals surface area contributed by atoms with Crippen LogP contribution >= 0.6 is 24.8 Å². The van der Waals surface area contributed by atoms with Gasteiger partial charge in [-0.05, 0) is 31.4 Å². The van der Waals surface area contributed by atoms with E-state index in [9.17, 15) is 19.8 Å². The van der Waals surface area contributed by atoms with E-state index >= 15 is 0 Å². The van der Waals surface area contributed by atoms with E-state index in [0.29, 0.717) is 24.2 Å². The fourth-order valence-electron chi connectivity index (χ4n) is 2.14. The first kappa shape index (κ1) is 24.4. The highest BCUT2D eigenvalue weighted by atomic mass is 35.5. The van der Waals surface area contributed by atoms with Crippen LogP contribution in [0.15, 0.2) is 36.9 Å². The predicted molar refractivity (Wildman–Crippen MR) is 105 cm³/mol. The highest BCUT2D eigenvalue weighted by molar-refractivity contribution is 5.94. The van der Waals surface area contributed by atoms with Gasteiger partial charge in [0.1, 0.15) is 11.5 Å². The molecule has 8 nitrogen and oxygen atoms in total. The number of hydrogen-bond donors (Lipinski definition) is 4. The van der Waals surface area contributed by atoms with Crippen LogP contribution < -0.4 is 10.6 Å². The van der Waals surface area contributed by atoms with E-state index in [0.717, 1.165) is 19.3 Å². The maximum atomic E-state index is 11.8. The van der Waals surface area contributed by atoms with Crippen molar-refractivity contribution >= 4 is 36.6 Å². The second kappa shape index (κ2) is 12.7. The Morgan fingerprint density at radius 3 is 1.52 bits per heavy atom. The molecule has 0 aliphatic heterocycles. The van der Waals surface area contributed by atoms with E-state index in [2.05, 4.69) is 20.6 Å². The third-order valence-corrected chi connectivity index (χ3v) is 3.40. The van der Waals surface area contributed by atoms with Gasteiger partial charge in [0.25, 0.3) is 11.8 Å². The molecular formula is C17H22Cl2N4O4. The fraction of sp³-hybridized carbons (Fsp3) is 0.294. The molecule has 0 aliphatic rings. The van der Waals surface area contributed by atoms with E-state index in [1.165, 1.54) is 36.9 Å². The Bertz CT molecular complexity index is 685. The van der Waals surface area contributed by atoms with Crippen molar-refractivity contribution in [3.8, 4) is 11.5 Å². The molecule has 2 aromatic heterocycles. The largest absolute Gasteiger partial charge is 0.506 e. The number of carbonyl (C=O) groups is 2. The number of nitrogens with one attached hydrogen (secondary N) is 2. The van der Waals surface area contributed by atoms with E-state index in [1.807, 2.05) is 0 Å². The summed E-state index contributed by atoms with van der Waals surface area (Å²) in [6.07, 6.45) is 7.66. The zero-order valence-corrected chi connectivity index (χ0v) is 16.1. The number of amides is 2. The zero-order valence-electron chi connectivity index (χ0n) is 14.4. The molecule has 0 unspecified atom stereocenters. The maximum absolute atomic E-state index is 11.8. The van der Waals surface area contributed by atoms with Crippen LogP contribution in [0.1, 0.15) is 40.0 Å². The van der Waals surface area contributed by atoms with Crippen LogP contribution in [0.25, 0.3) is 0 Å². The highest BCUT2D eigenvalue weighted by Gasteiger charge is 2.07. The molecule has 0 saturated heterocycles. The molecule has 0 spiro atoms. The van der Waals surface area contributed by atoms with Gasteiger partial charge < -0.3 is 20.8 Å². The van der Waals surface area contributed by atoms with Gasteiger partial charge in [0.2, 0.25) is 0 Å². The SMILES string of the molecule is Cl.Cl.O=C(NCCCCCNC(=O)c1cncc(O)c1)c1cncc(O)c1. The summed E-state index contributed by atoms with van der Waals surface area (Å²) >= 11 is 0. The van der Waals surface area contributed by atoms with Crippen LogP contribution in [-0.2, 0) is 0 Å². The lowest BCUT2D eigenvalue weighted by molar-refractivity contribution is 0.0947. The Morgan fingerprint density at radius 1 is 0.741 bits per heavy atom. The third kappa shape index (κ3) is 8.57. The van der Waals surface area contributed by atoms with Gasteiger partial charge in [-0.1, -0.05) is 0 Å². The molecule has 0 aliphatic carbocycles. The summed E-state index contributed by atoms with van der Waals surface area (Å²) in [5, 5.41) is 24.0. The summed E-state index contributed by atoms with van der Waals surface area (Å²) < 4.78 is 0. The smallest absolute Gasteiger partial charge is 0.252 e. The number of unbranched alkanes of at least 4 members (excludes halogenated alkanes) is 2. The van der Waals surface area contributed by atoms with Gasteiger partial charge in [0.05, 0.1) is 23.5 Å². The molecule has 148 valence electrons. The average Bonchev–Trinajstić information content (AvgIpc) is 2.60. The minimum atomic E-state index is -0.284. The lowest BCUT2D eigenvalue weighted by Gasteiger charge is -2.07. The van der Waals surface area contributed by atoms with Crippen molar-refractivity contribution in [2.45, 2.75) is 19.3 Å².